The molecule has 0 radical (unpaired) electrons. The monoisotopic (exact) mass is 1770 g/mol. The van der Waals surface area contributed by atoms with E-state index in [1.54, 1.807) is 0 Å². The van der Waals surface area contributed by atoms with Gasteiger partial charge in [-0.25, -0.2) is 0 Å². The molecule has 25 atom stereocenters. The van der Waals surface area contributed by atoms with Gasteiger partial charge in [0.1, 0.15) is 16.8 Å². The molecule has 15 nitrogen and oxygen atoms in total. The standard InChI is InChI=1S/C15H26O2.C14H24O2.C14H22O2.C13H22O2.C12H20O2.C12H18O2.C11H20O.C11H18O.C10H16O/c1-10(2)9-12-11(3)14(12)15(6-7-15)17-13-5-4-8-16-13;2*1-10(2)8-11-9-12(11)14(5-6-14)16-13-4-3-7-15-13;1-8(2)7-11-9(3)12(11)13(5-6-13)15-10(4)14;2*1-8(2)6-10-7-11(10)12(4-5-12)14-9(3)13;2*1-7(2)6-9-8(3)10(9)11(12)4-5-11;1-7(2)5-8-6-9(8)10(11)3-4-10/h10-14H,4-9H2,1-3H3;10-13H,3-9H2,1-2H3;8,11-13H,3-7,9H2,1-2H3;8-9,11-12H,5-7H2,1-4H3;8,10-11H,4-7H2,1-3H3;6,10-11H,4-5,7H2,1-3H3;7-10,12H,4-6H2,1-3H3;6,8-10,12H,4-5H2,1-3H3;5,8-9,11H,3-4,6H2,1-2H3. The molecule has 18 saturated carbocycles. The lowest BCUT2D eigenvalue weighted by atomic mass is 10.0. The topological polar surface area (TPSA) is 195 Å². The van der Waals surface area contributed by atoms with Crippen molar-refractivity contribution in [2.24, 2.45) is 160 Å². The lowest BCUT2D eigenvalue weighted by Crippen LogP contribution is -2.26. The fourth-order valence-electron chi connectivity index (χ4n) is 25.8. The Labute approximate surface area is 772 Å². The molecule has 21 aliphatic rings. The van der Waals surface area contributed by atoms with Gasteiger partial charge >= 0.3 is 17.9 Å². The SMILES string of the molecule is CC(=O)OC1(C2C(C)C2CC(C)C)CC1.CC(=O)OC1(C2CC2C=C(C)C)CC1.CC(=O)OC1(C2CC2CC(C)C)CC1.CC(C)=CC1C(C)C1C1(O)CC1.CC(C)=CC1CC1C1(O)CC1.CC(C)=CC1CC1C1(OC2CCCO2)CC1.CC(C)CC1C(C)C1C1(O)CC1.CC(C)CC1C(C)C1C1(OC2CCCO2)CC1.CC(C)CC1CC1C1(OC2CCCO2)CC1. The lowest BCUT2D eigenvalue weighted by molar-refractivity contribution is -0.163. The zero-order chi connectivity index (χ0) is 92.2. The van der Waals surface area contributed by atoms with Crippen molar-refractivity contribution in [3.05, 3.63) is 46.6 Å². The van der Waals surface area contributed by atoms with Gasteiger partial charge in [-0.05, 0) is 396 Å². The van der Waals surface area contributed by atoms with Gasteiger partial charge in [0.2, 0.25) is 0 Å². The average molecular weight is 1770 g/mol. The molecule has 0 amide bonds. The molecule has 3 heterocycles. The molecule has 0 spiro atoms. The van der Waals surface area contributed by atoms with Crippen molar-refractivity contribution in [2.45, 2.75) is 461 Å². The maximum atomic E-state index is 11.0. The molecule has 0 aromatic rings. The first-order valence-electron chi connectivity index (χ1n) is 53.0. The Hall–Kier alpha value is -2.99. The molecule has 21 rings (SSSR count). The highest BCUT2D eigenvalue weighted by atomic mass is 16.7. The summed E-state index contributed by atoms with van der Waals surface area (Å²) in [5.74, 6) is 20.2. The Morgan fingerprint density at radius 2 is 0.598 bits per heavy atom. The zero-order valence-corrected chi connectivity index (χ0v) is 85.0. The van der Waals surface area contributed by atoms with Gasteiger partial charge in [-0.2, -0.15) is 0 Å². The molecule has 15 heteroatoms. The number of rotatable bonds is 32. The van der Waals surface area contributed by atoms with Gasteiger partial charge in [0, 0.05) is 77.6 Å². The van der Waals surface area contributed by atoms with E-state index >= 15 is 0 Å². The number of carbonyl (C=O) groups excluding carboxylic acids is 3. The zero-order valence-electron chi connectivity index (χ0n) is 85.0. The molecule has 127 heavy (non-hydrogen) atoms. The van der Waals surface area contributed by atoms with E-state index in [2.05, 4.69) is 177 Å². The summed E-state index contributed by atoms with van der Waals surface area (Å²) in [6.07, 6.45) is 50.2. The van der Waals surface area contributed by atoms with Gasteiger partial charge in [-0.1, -0.05) is 144 Å². The van der Waals surface area contributed by atoms with Crippen LogP contribution < -0.4 is 0 Å². The van der Waals surface area contributed by atoms with Crippen LogP contribution in [0.5, 0.6) is 0 Å². The summed E-state index contributed by atoms with van der Waals surface area (Å²) in [6.45, 7) is 56.7. The van der Waals surface area contributed by atoms with Crippen LogP contribution in [0.3, 0.4) is 0 Å². The predicted molar refractivity (Wildman–Crippen MR) is 507 cm³/mol. The first-order valence-corrected chi connectivity index (χ1v) is 53.0. The van der Waals surface area contributed by atoms with Crippen LogP contribution in [0, 0.1) is 160 Å². The first-order chi connectivity index (χ1) is 59.7. The quantitative estimate of drug-likeness (QED) is 0.0327. The summed E-state index contributed by atoms with van der Waals surface area (Å²) in [5.41, 5.74) is 5.51. The second-order valence-corrected chi connectivity index (χ2v) is 49.6. The molecule has 25 unspecified atom stereocenters. The first kappa shape index (κ1) is 101. The summed E-state index contributed by atoms with van der Waals surface area (Å²) in [6, 6.07) is 0. The smallest absolute Gasteiger partial charge is 0.303 e. The summed E-state index contributed by atoms with van der Waals surface area (Å²) in [7, 11) is 0. The van der Waals surface area contributed by atoms with E-state index in [1.807, 2.05) is 0 Å². The predicted octanol–water partition coefficient (Wildman–Crippen LogP) is 25.6. The molecular weight excluding hydrogens is 1590 g/mol. The van der Waals surface area contributed by atoms with E-state index in [1.165, 1.54) is 165 Å². The Bertz CT molecular complexity index is 3730. The van der Waals surface area contributed by atoms with E-state index in [0.29, 0.717) is 59.2 Å². The van der Waals surface area contributed by atoms with Gasteiger partial charge in [0.05, 0.1) is 33.6 Å². The van der Waals surface area contributed by atoms with Gasteiger partial charge in [0.15, 0.2) is 18.9 Å². The summed E-state index contributed by atoms with van der Waals surface area (Å²) in [5, 5.41) is 29.5. The van der Waals surface area contributed by atoms with Crippen LogP contribution in [-0.2, 0) is 57.0 Å². The van der Waals surface area contributed by atoms with Crippen LogP contribution in [-0.4, -0.2) is 122 Å². The number of aliphatic hydroxyl groups is 3. The van der Waals surface area contributed by atoms with Crippen LogP contribution in [0.25, 0.3) is 0 Å². The van der Waals surface area contributed by atoms with Gasteiger partial charge in [-0.3, -0.25) is 14.4 Å². The fourth-order valence-corrected chi connectivity index (χ4v) is 25.8. The minimum atomic E-state index is -0.254. The van der Waals surface area contributed by atoms with Crippen molar-refractivity contribution >= 4 is 17.9 Å². The summed E-state index contributed by atoms with van der Waals surface area (Å²) >= 11 is 0. The molecular formula is C112H186O15. The Morgan fingerprint density at radius 1 is 0.315 bits per heavy atom. The Balaban J connectivity index is 0.000000123. The van der Waals surface area contributed by atoms with Gasteiger partial charge < -0.3 is 58.0 Å². The Morgan fingerprint density at radius 3 is 0.921 bits per heavy atom. The van der Waals surface area contributed by atoms with E-state index < -0.39 is 0 Å². The van der Waals surface area contributed by atoms with Crippen molar-refractivity contribution < 1.29 is 72.3 Å². The van der Waals surface area contributed by atoms with Crippen LogP contribution >= 0.6 is 0 Å². The third-order valence-electron chi connectivity index (χ3n) is 33.8. The molecule has 0 bridgehead atoms. The van der Waals surface area contributed by atoms with Crippen molar-refractivity contribution in [2.75, 3.05) is 19.8 Å². The maximum Gasteiger partial charge on any atom is 0.303 e. The molecule has 0 aromatic carbocycles. The highest BCUT2D eigenvalue weighted by Gasteiger charge is 2.70. The van der Waals surface area contributed by atoms with Gasteiger partial charge in [-0.15, -0.1) is 0 Å². The lowest BCUT2D eigenvalue weighted by Gasteiger charge is -2.21. The minimum absolute atomic E-state index is 0.00854. The second-order valence-electron chi connectivity index (χ2n) is 49.6. The normalized spacial score (nSPS) is 38.6. The average Bonchev–Trinajstić information content (AvgIpc) is 1.54. The van der Waals surface area contributed by atoms with Crippen molar-refractivity contribution in [3.8, 4) is 0 Å². The largest absolute Gasteiger partial charge is 0.459 e. The third-order valence-corrected chi connectivity index (χ3v) is 33.8. The maximum absolute atomic E-state index is 11.0. The number of ether oxygens (including phenoxy) is 9. The van der Waals surface area contributed by atoms with Crippen LogP contribution in [0.2, 0.25) is 0 Å². The molecule has 21 fully saturated rings. The van der Waals surface area contributed by atoms with E-state index in [9.17, 15) is 29.7 Å². The molecule has 0 aromatic heterocycles. The number of carbonyl (C=O) groups is 3. The Kier molecular flexibility index (Phi) is 32.5. The number of hydrogen-bond donors (Lipinski definition) is 3. The van der Waals surface area contributed by atoms with E-state index in [4.69, 9.17) is 42.6 Å². The number of hydrogen-bond acceptors (Lipinski definition) is 15. The molecule has 724 valence electrons. The van der Waals surface area contributed by atoms with Crippen molar-refractivity contribution in [1.82, 2.24) is 0 Å². The highest BCUT2D eigenvalue weighted by molar-refractivity contribution is 5.68. The van der Waals surface area contributed by atoms with E-state index in [-0.39, 0.29) is 87.2 Å². The minimum Gasteiger partial charge on any atom is -0.459 e. The molecule has 18 aliphatic carbocycles. The third kappa shape index (κ3) is 28.1. The van der Waals surface area contributed by atoms with Crippen molar-refractivity contribution in [3.63, 3.8) is 0 Å². The van der Waals surface area contributed by atoms with E-state index in [0.717, 1.165) is 217 Å². The fraction of sp³-hybridized carbons (Fsp3) is 0.902. The van der Waals surface area contributed by atoms with Gasteiger partial charge in [0.25, 0.3) is 0 Å². The molecule has 3 saturated heterocycles. The number of allylic oxidation sites excluding steroid dienone is 8. The second kappa shape index (κ2) is 40.7. The summed E-state index contributed by atoms with van der Waals surface area (Å²) < 4.78 is 51.9. The number of esters is 3. The van der Waals surface area contributed by atoms with Crippen molar-refractivity contribution in [1.29, 1.82) is 0 Å². The summed E-state index contributed by atoms with van der Waals surface area (Å²) in [4.78, 5) is 32.9. The van der Waals surface area contributed by atoms with Crippen LogP contribution in [0.4, 0.5) is 0 Å². The van der Waals surface area contributed by atoms with Crippen LogP contribution in [0.1, 0.15) is 391 Å². The molecule has 3 N–H and O–H groups in total. The van der Waals surface area contributed by atoms with Crippen LogP contribution in [0.15, 0.2) is 46.6 Å². The highest BCUT2D eigenvalue weighted by Crippen LogP contribution is 2.70. The molecule has 3 aliphatic heterocycles.